The number of nitrogens with one attached hydrogen (secondary N) is 1. The quantitative estimate of drug-likeness (QED) is 0.880. The maximum absolute atomic E-state index is 4.54. The fraction of sp³-hybridized carbons (Fsp3) is 0.500. The average molecular weight is 338 g/mol. The van der Waals surface area contributed by atoms with Crippen molar-refractivity contribution in [2.75, 3.05) is 6.54 Å². The Bertz CT molecular complexity index is 552. The van der Waals surface area contributed by atoms with E-state index in [1.54, 1.807) is 12.5 Å². The standard InChI is InChI=1S/C14H20BrN5/c1-4-17-12(11-6-7-16-9-18-11)8-13-14(15)10(3)19-20(13)5-2/h6-7,9,12,17H,4-5,8H2,1-3H3. The lowest BCUT2D eigenvalue weighted by molar-refractivity contribution is 0.505. The van der Waals surface area contributed by atoms with Gasteiger partial charge in [0.25, 0.3) is 0 Å². The van der Waals surface area contributed by atoms with Gasteiger partial charge in [-0.3, -0.25) is 4.68 Å². The average Bonchev–Trinajstić information content (AvgIpc) is 2.75. The van der Waals surface area contributed by atoms with E-state index >= 15 is 0 Å². The largest absolute Gasteiger partial charge is 0.309 e. The molecule has 6 heteroatoms. The molecule has 1 N–H and O–H groups in total. The van der Waals surface area contributed by atoms with Crippen LogP contribution < -0.4 is 5.32 Å². The van der Waals surface area contributed by atoms with Gasteiger partial charge in [0, 0.05) is 19.2 Å². The summed E-state index contributed by atoms with van der Waals surface area (Å²) in [6, 6.07) is 2.13. The number of rotatable bonds is 6. The summed E-state index contributed by atoms with van der Waals surface area (Å²) in [4.78, 5) is 8.35. The van der Waals surface area contributed by atoms with Gasteiger partial charge in [0.05, 0.1) is 27.6 Å². The summed E-state index contributed by atoms with van der Waals surface area (Å²) in [6.45, 7) is 7.99. The van der Waals surface area contributed by atoms with Crippen LogP contribution in [0.1, 0.15) is 37.0 Å². The molecule has 0 fully saturated rings. The molecular formula is C14H20BrN5. The molecule has 2 aromatic rings. The zero-order chi connectivity index (χ0) is 14.5. The van der Waals surface area contributed by atoms with Crippen LogP contribution in [0.3, 0.4) is 0 Å². The van der Waals surface area contributed by atoms with Gasteiger partial charge < -0.3 is 5.32 Å². The van der Waals surface area contributed by atoms with Crippen molar-refractivity contribution in [1.29, 1.82) is 0 Å². The van der Waals surface area contributed by atoms with Crippen LogP contribution in [0.5, 0.6) is 0 Å². The highest BCUT2D eigenvalue weighted by Gasteiger charge is 2.19. The fourth-order valence-corrected chi connectivity index (χ4v) is 2.74. The van der Waals surface area contributed by atoms with Gasteiger partial charge in [-0.2, -0.15) is 5.10 Å². The summed E-state index contributed by atoms with van der Waals surface area (Å²) < 4.78 is 3.14. The van der Waals surface area contributed by atoms with Crippen LogP contribution in [-0.2, 0) is 13.0 Å². The molecule has 0 aliphatic carbocycles. The van der Waals surface area contributed by atoms with Gasteiger partial charge in [0.1, 0.15) is 6.33 Å². The first-order valence-corrected chi connectivity index (χ1v) is 7.67. The smallest absolute Gasteiger partial charge is 0.115 e. The zero-order valence-electron chi connectivity index (χ0n) is 12.1. The molecule has 108 valence electrons. The maximum atomic E-state index is 4.54. The number of halogens is 1. The van der Waals surface area contributed by atoms with Crippen molar-refractivity contribution in [1.82, 2.24) is 25.1 Å². The molecule has 2 rings (SSSR count). The molecule has 0 aliphatic heterocycles. The highest BCUT2D eigenvalue weighted by molar-refractivity contribution is 9.10. The van der Waals surface area contributed by atoms with Gasteiger partial charge in [-0.1, -0.05) is 6.92 Å². The van der Waals surface area contributed by atoms with Crippen LogP contribution in [0, 0.1) is 6.92 Å². The van der Waals surface area contributed by atoms with Gasteiger partial charge in [0.2, 0.25) is 0 Å². The van der Waals surface area contributed by atoms with Crippen LogP contribution in [-0.4, -0.2) is 26.3 Å². The van der Waals surface area contributed by atoms with Crippen LogP contribution in [0.15, 0.2) is 23.1 Å². The Balaban J connectivity index is 2.29. The second-order valence-electron chi connectivity index (χ2n) is 4.61. The highest BCUT2D eigenvalue weighted by atomic mass is 79.9. The molecule has 0 bridgehead atoms. The van der Waals surface area contributed by atoms with E-state index in [2.05, 4.69) is 50.2 Å². The third-order valence-electron chi connectivity index (χ3n) is 3.26. The lowest BCUT2D eigenvalue weighted by Gasteiger charge is -2.18. The van der Waals surface area contributed by atoms with Crippen LogP contribution in [0.25, 0.3) is 0 Å². The molecule has 2 heterocycles. The fourth-order valence-electron chi connectivity index (χ4n) is 2.29. The molecule has 1 unspecified atom stereocenters. The lowest BCUT2D eigenvalue weighted by Crippen LogP contribution is -2.25. The van der Waals surface area contributed by atoms with Crippen molar-refractivity contribution < 1.29 is 0 Å². The molecule has 0 saturated carbocycles. The third kappa shape index (κ3) is 3.24. The van der Waals surface area contributed by atoms with E-state index in [-0.39, 0.29) is 6.04 Å². The van der Waals surface area contributed by atoms with Gasteiger partial charge in [-0.05, 0) is 42.4 Å². The van der Waals surface area contributed by atoms with Gasteiger partial charge in [-0.15, -0.1) is 0 Å². The van der Waals surface area contributed by atoms with E-state index in [1.165, 1.54) is 5.69 Å². The molecule has 0 aromatic carbocycles. The zero-order valence-corrected chi connectivity index (χ0v) is 13.7. The van der Waals surface area contributed by atoms with Crippen molar-refractivity contribution in [2.24, 2.45) is 0 Å². The summed E-state index contributed by atoms with van der Waals surface area (Å²) >= 11 is 3.65. The van der Waals surface area contributed by atoms with E-state index in [0.717, 1.165) is 35.4 Å². The molecule has 20 heavy (non-hydrogen) atoms. The van der Waals surface area contributed by atoms with Crippen LogP contribution in [0.2, 0.25) is 0 Å². The number of aromatic nitrogens is 4. The first-order chi connectivity index (χ1) is 9.67. The first kappa shape index (κ1) is 15.1. The molecular weight excluding hydrogens is 318 g/mol. The predicted octanol–water partition coefficient (Wildman–Crippen LogP) is 2.66. The predicted molar refractivity (Wildman–Crippen MR) is 82.5 cm³/mol. The second-order valence-corrected chi connectivity index (χ2v) is 5.40. The summed E-state index contributed by atoms with van der Waals surface area (Å²) in [5, 5.41) is 8.03. The van der Waals surface area contributed by atoms with E-state index in [1.807, 2.05) is 17.7 Å². The summed E-state index contributed by atoms with van der Waals surface area (Å²) in [5.74, 6) is 0. The minimum Gasteiger partial charge on any atom is -0.309 e. The first-order valence-electron chi connectivity index (χ1n) is 6.88. The molecule has 0 amide bonds. The number of nitrogens with zero attached hydrogens (tertiary/aromatic N) is 4. The number of aryl methyl sites for hydroxylation is 2. The number of hydrogen-bond donors (Lipinski definition) is 1. The molecule has 0 aliphatic rings. The van der Waals surface area contributed by atoms with Crippen molar-refractivity contribution >= 4 is 15.9 Å². The lowest BCUT2D eigenvalue weighted by atomic mass is 10.1. The normalized spacial score (nSPS) is 12.6. The Labute approximate surface area is 128 Å². The summed E-state index contributed by atoms with van der Waals surface area (Å²) in [6.07, 6.45) is 4.22. The Hall–Kier alpha value is -1.27. The van der Waals surface area contributed by atoms with Gasteiger partial charge in [0.15, 0.2) is 0 Å². The Morgan fingerprint density at radius 2 is 2.20 bits per heavy atom. The molecule has 5 nitrogen and oxygen atoms in total. The Kier molecular flexibility index (Phi) is 5.25. The molecule has 2 aromatic heterocycles. The summed E-state index contributed by atoms with van der Waals surface area (Å²) in [7, 11) is 0. The van der Waals surface area contributed by atoms with Crippen molar-refractivity contribution in [2.45, 2.75) is 39.8 Å². The maximum Gasteiger partial charge on any atom is 0.115 e. The van der Waals surface area contributed by atoms with E-state index in [0.29, 0.717) is 0 Å². The highest BCUT2D eigenvalue weighted by Crippen LogP contribution is 2.25. The van der Waals surface area contributed by atoms with E-state index in [9.17, 15) is 0 Å². The van der Waals surface area contributed by atoms with Crippen LogP contribution >= 0.6 is 15.9 Å². The monoisotopic (exact) mass is 337 g/mol. The molecule has 0 radical (unpaired) electrons. The number of likely N-dealkylation sites (N-methyl/N-ethyl adjacent to an activating group) is 1. The topological polar surface area (TPSA) is 55.6 Å². The van der Waals surface area contributed by atoms with Gasteiger partial charge >= 0.3 is 0 Å². The number of hydrogen-bond acceptors (Lipinski definition) is 4. The van der Waals surface area contributed by atoms with Crippen molar-refractivity contribution in [3.05, 3.63) is 40.1 Å². The Morgan fingerprint density at radius 1 is 1.40 bits per heavy atom. The SMILES string of the molecule is CCNC(Cc1c(Br)c(C)nn1CC)c1ccncn1. The Morgan fingerprint density at radius 3 is 2.80 bits per heavy atom. The van der Waals surface area contributed by atoms with Crippen LogP contribution in [0.4, 0.5) is 0 Å². The minimum atomic E-state index is 0.167. The minimum absolute atomic E-state index is 0.167. The second kappa shape index (κ2) is 6.95. The van der Waals surface area contributed by atoms with Crippen molar-refractivity contribution in [3.63, 3.8) is 0 Å². The van der Waals surface area contributed by atoms with Gasteiger partial charge in [-0.25, -0.2) is 9.97 Å². The third-order valence-corrected chi connectivity index (χ3v) is 4.29. The molecule has 0 saturated heterocycles. The molecule has 0 spiro atoms. The van der Waals surface area contributed by atoms with Crippen molar-refractivity contribution in [3.8, 4) is 0 Å². The summed E-state index contributed by atoms with van der Waals surface area (Å²) in [5.41, 5.74) is 3.24. The van der Waals surface area contributed by atoms with E-state index in [4.69, 9.17) is 0 Å². The van der Waals surface area contributed by atoms with E-state index < -0.39 is 0 Å². The molecule has 1 atom stereocenters.